The molecular formula is C22H22N2O6. The zero-order valence-electron chi connectivity index (χ0n) is 16.8. The number of benzene rings is 2. The number of esters is 1. The number of nitrogens with zero attached hydrogens (tertiary/aromatic N) is 1. The van der Waals surface area contributed by atoms with Crippen LogP contribution in [0.15, 0.2) is 42.5 Å². The van der Waals surface area contributed by atoms with Gasteiger partial charge in [0.2, 0.25) is 0 Å². The van der Waals surface area contributed by atoms with Crippen LogP contribution in [0.4, 0.5) is 5.69 Å². The summed E-state index contributed by atoms with van der Waals surface area (Å²) in [5.41, 5.74) is 2.17. The highest BCUT2D eigenvalue weighted by atomic mass is 16.5. The van der Waals surface area contributed by atoms with Crippen molar-refractivity contribution in [2.24, 2.45) is 0 Å². The van der Waals surface area contributed by atoms with Gasteiger partial charge in [0.1, 0.15) is 5.75 Å². The van der Waals surface area contributed by atoms with Crippen molar-refractivity contribution in [3.05, 3.63) is 59.2 Å². The maximum atomic E-state index is 12.3. The lowest BCUT2D eigenvalue weighted by atomic mass is 10.1. The van der Waals surface area contributed by atoms with Crippen molar-refractivity contribution in [2.45, 2.75) is 19.8 Å². The number of fused-ring (bicyclic) bond motifs is 1. The summed E-state index contributed by atoms with van der Waals surface area (Å²) in [6, 6.07) is 11.9. The molecule has 0 saturated carbocycles. The van der Waals surface area contributed by atoms with Gasteiger partial charge in [0.15, 0.2) is 6.61 Å². The van der Waals surface area contributed by atoms with Crippen LogP contribution in [0, 0.1) is 6.92 Å². The number of aryl methyl sites for hydroxylation is 1. The lowest BCUT2D eigenvalue weighted by molar-refractivity contribution is -0.147. The van der Waals surface area contributed by atoms with Crippen molar-refractivity contribution in [3.63, 3.8) is 0 Å². The minimum absolute atomic E-state index is 0.0194. The first-order valence-corrected chi connectivity index (χ1v) is 9.46. The summed E-state index contributed by atoms with van der Waals surface area (Å²) in [5, 5.41) is 2.64. The number of amides is 3. The topological polar surface area (TPSA) is 102 Å². The summed E-state index contributed by atoms with van der Waals surface area (Å²) in [6.07, 6.45) is 0.228. The molecule has 156 valence electrons. The Morgan fingerprint density at radius 2 is 1.70 bits per heavy atom. The second-order valence-electron chi connectivity index (χ2n) is 6.82. The standard InChI is InChI=1S/C22H22N2O6/c1-14-9-10-18(29-2)17(12-14)23-19(25)13-30-20(26)8-5-11-24-21(27)15-6-3-4-7-16(15)22(24)28/h3-4,6-7,9-10,12H,5,8,11,13H2,1-2H3,(H,23,25). The van der Waals surface area contributed by atoms with Crippen LogP contribution < -0.4 is 10.1 Å². The Kier molecular flexibility index (Phi) is 6.46. The van der Waals surface area contributed by atoms with Crippen molar-refractivity contribution in [2.75, 3.05) is 25.6 Å². The van der Waals surface area contributed by atoms with Gasteiger partial charge in [0.05, 0.1) is 23.9 Å². The minimum Gasteiger partial charge on any atom is -0.495 e. The number of hydrogen-bond acceptors (Lipinski definition) is 6. The lowest BCUT2D eigenvalue weighted by Crippen LogP contribution is -2.31. The Hall–Kier alpha value is -3.68. The Labute approximate surface area is 173 Å². The van der Waals surface area contributed by atoms with Crippen molar-refractivity contribution < 1.29 is 28.7 Å². The van der Waals surface area contributed by atoms with Gasteiger partial charge in [-0.2, -0.15) is 0 Å². The molecule has 0 aliphatic carbocycles. The fourth-order valence-electron chi connectivity index (χ4n) is 3.15. The Bertz CT molecular complexity index is 966. The van der Waals surface area contributed by atoms with E-state index in [0.717, 1.165) is 10.5 Å². The number of carbonyl (C=O) groups is 4. The van der Waals surface area contributed by atoms with E-state index in [-0.39, 0.29) is 31.2 Å². The van der Waals surface area contributed by atoms with E-state index in [0.29, 0.717) is 22.6 Å². The second-order valence-corrected chi connectivity index (χ2v) is 6.82. The van der Waals surface area contributed by atoms with Crippen LogP contribution in [0.3, 0.4) is 0 Å². The highest BCUT2D eigenvalue weighted by Crippen LogP contribution is 2.25. The molecule has 3 amide bonds. The van der Waals surface area contributed by atoms with E-state index >= 15 is 0 Å². The van der Waals surface area contributed by atoms with Gasteiger partial charge in [-0.15, -0.1) is 0 Å². The predicted molar refractivity (Wildman–Crippen MR) is 108 cm³/mol. The number of imide groups is 1. The average Bonchev–Trinajstić information content (AvgIpc) is 2.97. The molecular weight excluding hydrogens is 388 g/mol. The highest BCUT2D eigenvalue weighted by Gasteiger charge is 2.34. The second kappa shape index (κ2) is 9.21. The van der Waals surface area contributed by atoms with E-state index in [9.17, 15) is 19.2 Å². The predicted octanol–water partition coefficient (Wildman–Crippen LogP) is 2.56. The molecule has 3 rings (SSSR count). The molecule has 2 aromatic rings. The van der Waals surface area contributed by atoms with Crippen LogP contribution in [-0.2, 0) is 14.3 Å². The van der Waals surface area contributed by atoms with Gasteiger partial charge in [-0.05, 0) is 43.2 Å². The van der Waals surface area contributed by atoms with Crippen LogP contribution in [0.1, 0.15) is 39.1 Å². The first kappa shape index (κ1) is 21.0. The number of methoxy groups -OCH3 is 1. The van der Waals surface area contributed by atoms with E-state index < -0.39 is 18.5 Å². The third-order valence-electron chi connectivity index (χ3n) is 4.63. The first-order chi connectivity index (χ1) is 14.4. The number of rotatable bonds is 8. The maximum absolute atomic E-state index is 12.3. The van der Waals surface area contributed by atoms with Crippen molar-refractivity contribution in [1.82, 2.24) is 4.90 Å². The molecule has 8 nitrogen and oxygen atoms in total. The number of anilines is 1. The summed E-state index contributed by atoms with van der Waals surface area (Å²) < 4.78 is 10.2. The smallest absolute Gasteiger partial charge is 0.306 e. The number of carbonyl (C=O) groups excluding carboxylic acids is 4. The SMILES string of the molecule is COc1ccc(C)cc1NC(=O)COC(=O)CCCN1C(=O)c2ccccc2C1=O. The molecule has 1 aliphatic rings. The molecule has 0 saturated heterocycles. The number of ether oxygens (including phenoxy) is 2. The van der Waals surface area contributed by atoms with Gasteiger partial charge < -0.3 is 14.8 Å². The zero-order chi connectivity index (χ0) is 21.7. The van der Waals surface area contributed by atoms with Crippen LogP contribution >= 0.6 is 0 Å². The fraction of sp³-hybridized carbons (Fsp3) is 0.273. The van der Waals surface area contributed by atoms with E-state index in [1.54, 1.807) is 36.4 Å². The molecule has 0 spiro atoms. The van der Waals surface area contributed by atoms with E-state index in [1.807, 2.05) is 13.0 Å². The summed E-state index contributed by atoms with van der Waals surface area (Å²) >= 11 is 0. The molecule has 1 N–H and O–H groups in total. The molecule has 0 fully saturated rings. The Morgan fingerprint density at radius 1 is 1.03 bits per heavy atom. The summed E-state index contributed by atoms with van der Waals surface area (Å²) in [7, 11) is 1.49. The minimum atomic E-state index is -0.585. The van der Waals surface area contributed by atoms with Crippen LogP contribution in [0.5, 0.6) is 5.75 Å². The molecule has 0 atom stereocenters. The summed E-state index contributed by atoms with van der Waals surface area (Å²) in [5.74, 6) is -1.31. The first-order valence-electron chi connectivity index (χ1n) is 9.46. The molecule has 30 heavy (non-hydrogen) atoms. The van der Waals surface area contributed by atoms with E-state index in [1.165, 1.54) is 7.11 Å². The molecule has 0 unspecified atom stereocenters. The van der Waals surface area contributed by atoms with Gasteiger partial charge in [-0.1, -0.05) is 18.2 Å². The van der Waals surface area contributed by atoms with Crippen LogP contribution in [0.25, 0.3) is 0 Å². The largest absolute Gasteiger partial charge is 0.495 e. The average molecular weight is 410 g/mol. The monoisotopic (exact) mass is 410 g/mol. The molecule has 1 heterocycles. The van der Waals surface area contributed by atoms with E-state index in [2.05, 4.69) is 5.32 Å². The van der Waals surface area contributed by atoms with Gasteiger partial charge in [-0.25, -0.2) is 0 Å². The highest BCUT2D eigenvalue weighted by molar-refractivity contribution is 6.21. The quantitative estimate of drug-likeness (QED) is 0.530. The molecule has 0 bridgehead atoms. The van der Waals surface area contributed by atoms with Gasteiger partial charge in [0.25, 0.3) is 17.7 Å². The van der Waals surface area contributed by atoms with Gasteiger partial charge in [0, 0.05) is 13.0 Å². The van der Waals surface area contributed by atoms with Crippen LogP contribution in [0.2, 0.25) is 0 Å². The van der Waals surface area contributed by atoms with Crippen molar-refractivity contribution >= 4 is 29.4 Å². The van der Waals surface area contributed by atoms with Gasteiger partial charge in [-0.3, -0.25) is 24.1 Å². The third-order valence-corrected chi connectivity index (χ3v) is 4.63. The number of hydrogen-bond donors (Lipinski definition) is 1. The molecule has 8 heteroatoms. The Balaban J connectivity index is 1.43. The van der Waals surface area contributed by atoms with Gasteiger partial charge >= 0.3 is 5.97 Å². The lowest BCUT2D eigenvalue weighted by Gasteiger charge is -2.13. The summed E-state index contributed by atoms with van der Waals surface area (Å²) in [6.45, 7) is 1.54. The van der Waals surface area contributed by atoms with E-state index in [4.69, 9.17) is 9.47 Å². The van der Waals surface area contributed by atoms with Crippen LogP contribution in [-0.4, -0.2) is 48.9 Å². The maximum Gasteiger partial charge on any atom is 0.306 e. The Morgan fingerprint density at radius 3 is 2.33 bits per heavy atom. The fourth-order valence-corrected chi connectivity index (χ4v) is 3.15. The van der Waals surface area contributed by atoms with Crippen molar-refractivity contribution in [3.8, 4) is 5.75 Å². The molecule has 2 aromatic carbocycles. The molecule has 0 radical (unpaired) electrons. The third kappa shape index (κ3) is 4.65. The molecule has 0 aromatic heterocycles. The zero-order valence-corrected chi connectivity index (χ0v) is 16.8. The van der Waals surface area contributed by atoms with Crippen molar-refractivity contribution in [1.29, 1.82) is 0 Å². The normalized spacial score (nSPS) is 12.5. The molecule has 1 aliphatic heterocycles. The number of nitrogens with one attached hydrogen (secondary N) is 1. The summed E-state index contributed by atoms with van der Waals surface area (Å²) in [4.78, 5) is 49.6.